The number of likely N-dealkylation sites (tertiary alicyclic amines) is 1. The van der Waals surface area contributed by atoms with Crippen molar-refractivity contribution in [2.24, 2.45) is 0 Å². The molecule has 2 aromatic carbocycles. The Labute approximate surface area is 179 Å². The van der Waals surface area contributed by atoms with E-state index < -0.39 is 0 Å². The summed E-state index contributed by atoms with van der Waals surface area (Å²) < 4.78 is 29.5. The maximum absolute atomic E-state index is 13.1. The van der Waals surface area contributed by atoms with Gasteiger partial charge in [-0.2, -0.15) is 0 Å². The Morgan fingerprint density at radius 3 is 2.45 bits per heavy atom. The molecule has 162 valence electrons. The number of carbonyl (C=O) groups is 1. The van der Waals surface area contributed by atoms with Gasteiger partial charge >= 0.3 is 0 Å². The van der Waals surface area contributed by atoms with Crippen LogP contribution in [0.2, 0.25) is 0 Å². The number of aromatic nitrogens is 2. The van der Waals surface area contributed by atoms with Crippen LogP contribution in [0, 0.1) is 5.82 Å². The summed E-state index contributed by atoms with van der Waals surface area (Å²) in [7, 11) is 3.16. The van der Waals surface area contributed by atoms with Crippen molar-refractivity contribution in [2.45, 2.75) is 25.2 Å². The fraction of sp³-hybridized carbons (Fsp3) is 0.348. The Bertz CT molecular complexity index is 1040. The van der Waals surface area contributed by atoms with Gasteiger partial charge < -0.3 is 18.8 Å². The van der Waals surface area contributed by atoms with Gasteiger partial charge in [0.15, 0.2) is 11.5 Å². The van der Waals surface area contributed by atoms with Crippen LogP contribution < -0.4 is 9.47 Å². The average molecular weight is 425 g/mol. The molecule has 3 aromatic rings. The van der Waals surface area contributed by atoms with E-state index in [4.69, 9.17) is 13.9 Å². The number of nitrogens with zero attached hydrogens (tertiary/aromatic N) is 3. The second kappa shape index (κ2) is 9.16. The van der Waals surface area contributed by atoms with Crippen molar-refractivity contribution >= 4 is 5.91 Å². The standard InChI is InChI=1S/C23H24FN3O4/c1-29-19-8-3-15(13-20(19)30-2)14-21(28)27-11-9-17(10-12-27)23-26-25-22(31-23)16-4-6-18(24)7-5-16/h3-8,13,17H,9-12,14H2,1-2H3. The second-order valence-corrected chi connectivity index (χ2v) is 7.47. The highest BCUT2D eigenvalue weighted by Crippen LogP contribution is 2.31. The van der Waals surface area contributed by atoms with Gasteiger partial charge in [0.25, 0.3) is 0 Å². The lowest BCUT2D eigenvalue weighted by Crippen LogP contribution is -2.38. The molecule has 0 spiro atoms. The van der Waals surface area contributed by atoms with Gasteiger partial charge in [-0.1, -0.05) is 6.07 Å². The molecule has 0 atom stereocenters. The van der Waals surface area contributed by atoms with Crippen LogP contribution in [0.15, 0.2) is 46.9 Å². The van der Waals surface area contributed by atoms with Gasteiger partial charge in [-0.3, -0.25) is 4.79 Å². The lowest BCUT2D eigenvalue weighted by atomic mass is 9.96. The smallest absolute Gasteiger partial charge is 0.247 e. The Kier molecular flexibility index (Phi) is 6.16. The molecule has 1 aliphatic rings. The van der Waals surface area contributed by atoms with Crippen LogP contribution in [0.1, 0.15) is 30.2 Å². The summed E-state index contributed by atoms with van der Waals surface area (Å²) in [6.07, 6.45) is 1.81. The molecule has 0 bridgehead atoms. The number of piperidine rings is 1. The second-order valence-electron chi connectivity index (χ2n) is 7.47. The van der Waals surface area contributed by atoms with Gasteiger partial charge in [0, 0.05) is 24.6 Å². The molecule has 0 aliphatic carbocycles. The van der Waals surface area contributed by atoms with Gasteiger partial charge in [0.05, 0.1) is 20.6 Å². The largest absolute Gasteiger partial charge is 0.493 e. The van der Waals surface area contributed by atoms with Crippen LogP contribution >= 0.6 is 0 Å². The first-order chi connectivity index (χ1) is 15.1. The van der Waals surface area contributed by atoms with Gasteiger partial charge in [0.2, 0.25) is 17.7 Å². The van der Waals surface area contributed by atoms with E-state index in [1.165, 1.54) is 12.1 Å². The van der Waals surface area contributed by atoms with E-state index >= 15 is 0 Å². The Morgan fingerprint density at radius 2 is 1.77 bits per heavy atom. The summed E-state index contributed by atoms with van der Waals surface area (Å²) in [6.45, 7) is 1.26. The SMILES string of the molecule is COc1ccc(CC(=O)N2CCC(c3nnc(-c4ccc(F)cc4)o3)CC2)cc1OC. The van der Waals surface area contributed by atoms with Crippen molar-refractivity contribution in [2.75, 3.05) is 27.3 Å². The van der Waals surface area contributed by atoms with Crippen LogP contribution in [0.5, 0.6) is 11.5 Å². The van der Waals surface area contributed by atoms with E-state index in [9.17, 15) is 9.18 Å². The van der Waals surface area contributed by atoms with Crippen molar-refractivity contribution < 1.29 is 23.1 Å². The van der Waals surface area contributed by atoms with E-state index in [-0.39, 0.29) is 17.6 Å². The third-order valence-electron chi connectivity index (χ3n) is 5.53. The summed E-state index contributed by atoms with van der Waals surface area (Å²) in [4.78, 5) is 14.6. The zero-order valence-corrected chi connectivity index (χ0v) is 17.5. The van der Waals surface area contributed by atoms with Crippen molar-refractivity contribution in [3.63, 3.8) is 0 Å². The summed E-state index contributed by atoms with van der Waals surface area (Å²) >= 11 is 0. The zero-order chi connectivity index (χ0) is 21.8. The number of hydrogen-bond acceptors (Lipinski definition) is 6. The average Bonchev–Trinajstić information content (AvgIpc) is 3.30. The van der Waals surface area contributed by atoms with Crippen LogP contribution in [0.25, 0.3) is 11.5 Å². The summed E-state index contributed by atoms with van der Waals surface area (Å²) in [5.74, 6) is 2.05. The first kappa shape index (κ1) is 20.8. The molecule has 0 saturated carbocycles. The molecule has 0 unspecified atom stereocenters. The molecule has 1 saturated heterocycles. The van der Waals surface area contributed by atoms with Gasteiger partial charge in [-0.15, -0.1) is 10.2 Å². The first-order valence-electron chi connectivity index (χ1n) is 10.2. The van der Waals surface area contributed by atoms with Crippen molar-refractivity contribution in [1.29, 1.82) is 0 Å². The molecule has 1 aromatic heterocycles. The Balaban J connectivity index is 1.34. The van der Waals surface area contributed by atoms with Gasteiger partial charge in [0.1, 0.15) is 5.82 Å². The van der Waals surface area contributed by atoms with E-state index in [1.54, 1.807) is 26.4 Å². The molecule has 4 rings (SSSR count). The highest BCUT2D eigenvalue weighted by molar-refractivity contribution is 5.79. The lowest BCUT2D eigenvalue weighted by molar-refractivity contribution is -0.131. The third-order valence-corrected chi connectivity index (χ3v) is 5.53. The number of rotatable bonds is 6. The molecule has 1 aliphatic heterocycles. The van der Waals surface area contributed by atoms with Crippen LogP contribution in [-0.4, -0.2) is 48.3 Å². The molecule has 8 heteroatoms. The molecular weight excluding hydrogens is 401 g/mol. The molecule has 1 fully saturated rings. The number of benzene rings is 2. The molecule has 31 heavy (non-hydrogen) atoms. The lowest BCUT2D eigenvalue weighted by Gasteiger charge is -2.30. The molecule has 2 heterocycles. The van der Waals surface area contributed by atoms with Gasteiger partial charge in [-0.25, -0.2) is 4.39 Å². The minimum Gasteiger partial charge on any atom is -0.493 e. The first-order valence-corrected chi connectivity index (χ1v) is 10.2. The van der Waals surface area contributed by atoms with E-state index in [0.717, 1.165) is 18.4 Å². The maximum Gasteiger partial charge on any atom is 0.247 e. The number of carbonyl (C=O) groups excluding carboxylic acids is 1. The summed E-state index contributed by atoms with van der Waals surface area (Å²) in [6, 6.07) is 11.5. The molecular formula is C23H24FN3O4. The molecule has 0 N–H and O–H groups in total. The van der Waals surface area contributed by atoms with Crippen molar-refractivity contribution in [3.8, 4) is 23.0 Å². The molecule has 0 radical (unpaired) electrons. The molecule has 1 amide bonds. The predicted octanol–water partition coefficient (Wildman–Crippen LogP) is 3.84. The number of hydrogen-bond donors (Lipinski definition) is 0. The monoisotopic (exact) mass is 425 g/mol. The van der Waals surface area contributed by atoms with Crippen LogP contribution in [-0.2, 0) is 11.2 Å². The highest BCUT2D eigenvalue weighted by Gasteiger charge is 2.27. The molecule has 7 nitrogen and oxygen atoms in total. The fourth-order valence-corrected chi connectivity index (χ4v) is 3.76. The summed E-state index contributed by atoms with van der Waals surface area (Å²) in [5, 5.41) is 8.26. The quantitative estimate of drug-likeness (QED) is 0.597. The van der Waals surface area contributed by atoms with E-state index in [0.29, 0.717) is 48.4 Å². The normalized spacial score (nSPS) is 14.5. The third kappa shape index (κ3) is 4.68. The fourth-order valence-electron chi connectivity index (χ4n) is 3.76. The minimum absolute atomic E-state index is 0.0724. The number of ether oxygens (including phenoxy) is 2. The Morgan fingerprint density at radius 1 is 1.06 bits per heavy atom. The van der Waals surface area contributed by atoms with Gasteiger partial charge in [-0.05, 0) is 54.8 Å². The number of halogens is 1. The van der Waals surface area contributed by atoms with Crippen molar-refractivity contribution in [3.05, 3.63) is 59.7 Å². The maximum atomic E-state index is 13.1. The number of methoxy groups -OCH3 is 2. The van der Waals surface area contributed by atoms with E-state index in [1.807, 2.05) is 23.1 Å². The van der Waals surface area contributed by atoms with Crippen molar-refractivity contribution in [1.82, 2.24) is 15.1 Å². The van der Waals surface area contributed by atoms with Crippen LogP contribution in [0.3, 0.4) is 0 Å². The van der Waals surface area contributed by atoms with Crippen LogP contribution in [0.4, 0.5) is 4.39 Å². The highest BCUT2D eigenvalue weighted by atomic mass is 19.1. The Hall–Kier alpha value is -3.42. The summed E-state index contributed by atoms with van der Waals surface area (Å²) in [5.41, 5.74) is 1.56. The zero-order valence-electron chi connectivity index (χ0n) is 17.5. The van der Waals surface area contributed by atoms with E-state index in [2.05, 4.69) is 10.2 Å². The minimum atomic E-state index is -0.311. The topological polar surface area (TPSA) is 77.7 Å². The number of amides is 1. The predicted molar refractivity (Wildman–Crippen MR) is 111 cm³/mol.